The Hall–Kier alpha value is -2.16. The van der Waals surface area contributed by atoms with Crippen LogP contribution >= 0.6 is 0 Å². The van der Waals surface area contributed by atoms with Gasteiger partial charge in [0.2, 0.25) is 5.82 Å². The van der Waals surface area contributed by atoms with E-state index < -0.39 is 11.6 Å². The number of aryl methyl sites for hydroxylation is 1. The van der Waals surface area contributed by atoms with Gasteiger partial charge in [0, 0.05) is 0 Å². The molecule has 2 saturated carbocycles. The monoisotopic (exact) mass is 508 g/mol. The lowest BCUT2D eigenvalue weighted by Gasteiger charge is -2.29. The summed E-state index contributed by atoms with van der Waals surface area (Å²) in [6, 6.07) is 12.8. The first-order valence-electron chi connectivity index (χ1n) is 14.9. The molecule has 0 saturated heterocycles. The smallest absolute Gasteiger partial charge is 0.200 e. The summed E-state index contributed by atoms with van der Waals surface area (Å²) in [5.74, 6) is 0.764. The second kappa shape index (κ2) is 14.1. The molecule has 0 heterocycles. The summed E-state index contributed by atoms with van der Waals surface area (Å²) in [4.78, 5) is 0. The molecule has 0 aliphatic heterocycles. The molecule has 0 atom stereocenters. The van der Waals surface area contributed by atoms with Crippen LogP contribution in [0, 0.1) is 23.5 Å². The zero-order valence-corrected chi connectivity index (χ0v) is 23.0. The largest absolute Gasteiger partial charge is 0.491 e. The van der Waals surface area contributed by atoms with E-state index in [1.165, 1.54) is 62.5 Å². The van der Waals surface area contributed by atoms with Crippen LogP contribution in [-0.2, 0) is 6.42 Å². The number of rotatable bonds is 11. The molecule has 0 radical (unpaired) electrons. The summed E-state index contributed by atoms with van der Waals surface area (Å²) in [7, 11) is 0. The fraction of sp³-hybridized carbons (Fsp3) is 0.588. The molecule has 4 rings (SSSR count). The minimum atomic E-state index is -0.832. The minimum Gasteiger partial charge on any atom is -0.491 e. The van der Waals surface area contributed by atoms with Crippen LogP contribution in [0.2, 0.25) is 0 Å². The first-order chi connectivity index (χ1) is 18.1. The van der Waals surface area contributed by atoms with E-state index in [0.717, 1.165) is 43.9 Å². The van der Waals surface area contributed by atoms with E-state index in [4.69, 9.17) is 4.74 Å². The predicted octanol–water partition coefficient (Wildman–Crippen LogP) is 10.3. The number of hydrogen-bond acceptors (Lipinski definition) is 1. The second-order valence-corrected chi connectivity index (χ2v) is 11.4. The van der Waals surface area contributed by atoms with E-state index in [-0.39, 0.29) is 11.7 Å². The van der Waals surface area contributed by atoms with Crippen molar-refractivity contribution in [2.45, 2.75) is 109 Å². The highest BCUT2D eigenvalue weighted by Gasteiger charge is 2.26. The van der Waals surface area contributed by atoms with Gasteiger partial charge in [-0.15, -0.1) is 0 Å². The predicted molar refractivity (Wildman–Crippen MR) is 150 cm³/mol. The number of benzene rings is 2. The Kier molecular flexibility index (Phi) is 10.6. The molecule has 2 aliphatic carbocycles. The lowest BCUT2D eigenvalue weighted by molar-refractivity contribution is 0.297. The van der Waals surface area contributed by atoms with Gasteiger partial charge in [0.15, 0.2) is 11.6 Å². The summed E-state index contributed by atoms with van der Waals surface area (Å²) >= 11 is 0. The van der Waals surface area contributed by atoms with Crippen molar-refractivity contribution < 1.29 is 13.5 Å². The zero-order valence-electron chi connectivity index (χ0n) is 23.0. The van der Waals surface area contributed by atoms with E-state index in [2.05, 4.69) is 43.3 Å². The summed E-state index contributed by atoms with van der Waals surface area (Å²) < 4.78 is 34.1. The molecule has 3 heteroatoms. The summed E-state index contributed by atoms with van der Waals surface area (Å²) in [5.41, 5.74) is 3.54. The van der Waals surface area contributed by atoms with Crippen molar-refractivity contribution in [3.05, 3.63) is 76.9 Å². The van der Waals surface area contributed by atoms with Crippen LogP contribution < -0.4 is 4.74 Å². The molecule has 2 aromatic rings. The van der Waals surface area contributed by atoms with Gasteiger partial charge in [0.05, 0.1) is 6.61 Å². The standard InChI is InChI=1S/C34H46F2O/c1-3-5-8-25-11-17-28(18-12-25)29-19-13-26(14-20-29)9-6-7-10-27-15-21-30(22-16-27)31-23-24-32(37-4-2)34(36)33(31)35/h6,9,11-12,17-18,23-24,26-27,29-30H,3-5,7-8,10,13-16,19-22H2,1-2H3. The van der Waals surface area contributed by atoms with Crippen molar-refractivity contribution in [1.82, 2.24) is 0 Å². The Morgan fingerprint density at radius 1 is 0.811 bits per heavy atom. The maximum atomic E-state index is 14.6. The molecule has 202 valence electrons. The fourth-order valence-corrected chi connectivity index (χ4v) is 6.49. The third kappa shape index (κ3) is 7.68. The minimum absolute atomic E-state index is 0.0224. The molecule has 0 unspecified atom stereocenters. The van der Waals surface area contributed by atoms with Gasteiger partial charge in [-0.3, -0.25) is 0 Å². The van der Waals surface area contributed by atoms with Gasteiger partial charge >= 0.3 is 0 Å². The molecular weight excluding hydrogens is 462 g/mol. The van der Waals surface area contributed by atoms with E-state index >= 15 is 0 Å². The third-order valence-electron chi connectivity index (χ3n) is 8.85. The van der Waals surface area contributed by atoms with Gasteiger partial charge in [0.25, 0.3) is 0 Å². The van der Waals surface area contributed by atoms with Gasteiger partial charge < -0.3 is 4.74 Å². The Bertz CT molecular complexity index is 980. The zero-order chi connectivity index (χ0) is 26.0. The van der Waals surface area contributed by atoms with E-state index in [9.17, 15) is 8.78 Å². The van der Waals surface area contributed by atoms with Gasteiger partial charge in [-0.2, -0.15) is 4.39 Å². The van der Waals surface area contributed by atoms with E-state index in [0.29, 0.717) is 18.1 Å². The molecule has 0 aromatic heterocycles. The molecule has 2 aromatic carbocycles. The Labute approximate surface area is 223 Å². The fourth-order valence-electron chi connectivity index (χ4n) is 6.49. The van der Waals surface area contributed by atoms with Gasteiger partial charge in [-0.1, -0.05) is 55.8 Å². The molecule has 0 amide bonds. The number of unbranched alkanes of at least 4 members (excludes halogenated alkanes) is 1. The Morgan fingerprint density at radius 2 is 1.51 bits per heavy atom. The normalized spacial score (nSPS) is 24.4. The Balaban J connectivity index is 1.15. The van der Waals surface area contributed by atoms with Gasteiger partial charge in [-0.25, -0.2) is 4.39 Å². The highest BCUT2D eigenvalue weighted by molar-refractivity contribution is 5.33. The quantitative estimate of drug-likeness (QED) is 0.274. The highest BCUT2D eigenvalue weighted by atomic mass is 19.2. The summed E-state index contributed by atoms with van der Waals surface area (Å²) in [6.07, 6.45) is 20.3. The lowest BCUT2D eigenvalue weighted by atomic mass is 9.76. The van der Waals surface area contributed by atoms with Crippen molar-refractivity contribution in [3.8, 4) is 5.75 Å². The topological polar surface area (TPSA) is 9.23 Å². The Morgan fingerprint density at radius 3 is 2.19 bits per heavy atom. The summed E-state index contributed by atoms with van der Waals surface area (Å²) in [6.45, 7) is 4.37. The molecule has 0 bridgehead atoms. The van der Waals surface area contributed by atoms with Crippen LogP contribution in [0.5, 0.6) is 5.75 Å². The molecule has 2 fully saturated rings. The number of ether oxygens (including phenoxy) is 1. The lowest BCUT2D eigenvalue weighted by Crippen LogP contribution is -2.15. The van der Waals surface area contributed by atoms with Crippen LogP contribution in [0.3, 0.4) is 0 Å². The first-order valence-corrected chi connectivity index (χ1v) is 14.9. The average Bonchev–Trinajstić information content (AvgIpc) is 2.94. The third-order valence-corrected chi connectivity index (χ3v) is 8.85. The second-order valence-electron chi connectivity index (χ2n) is 11.4. The van der Waals surface area contributed by atoms with Crippen molar-refractivity contribution in [1.29, 1.82) is 0 Å². The van der Waals surface area contributed by atoms with Crippen molar-refractivity contribution in [2.24, 2.45) is 11.8 Å². The van der Waals surface area contributed by atoms with Crippen LogP contribution in [0.15, 0.2) is 48.6 Å². The molecule has 2 aliphatic rings. The highest BCUT2D eigenvalue weighted by Crippen LogP contribution is 2.40. The maximum absolute atomic E-state index is 14.6. The SMILES string of the molecule is CCCCc1ccc(C2CCC(C=CCCC3CCC(c4ccc(OCC)c(F)c4F)CC3)CC2)cc1. The molecule has 37 heavy (non-hydrogen) atoms. The first kappa shape index (κ1) is 27.9. The van der Waals surface area contributed by atoms with Crippen LogP contribution in [-0.4, -0.2) is 6.61 Å². The van der Waals surface area contributed by atoms with E-state index in [1.807, 2.05) is 0 Å². The molecular formula is C34H46F2O. The number of hydrogen-bond donors (Lipinski definition) is 0. The van der Waals surface area contributed by atoms with Gasteiger partial charge in [0.1, 0.15) is 0 Å². The van der Waals surface area contributed by atoms with E-state index in [1.54, 1.807) is 19.1 Å². The van der Waals surface area contributed by atoms with Crippen LogP contribution in [0.25, 0.3) is 0 Å². The molecule has 0 N–H and O–H groups in total. The average molecular weight is 509 g/mol. The summed E-state index contributed by atoms with van der Waals surface area (Å²) in [5, 5.41) is 0. The molecule has 1 nitrogen and oxygen atoms in total. The van der Waals surface area contributed by atoms with Crippen LogP contribution in [0.1, 0.15) is 119 Å². The molecule has 0 spiro atoms. The van der Waals surface area contributed by atoms with Crippen LogP contribution in [0.4, 0.5) is 8.78 Å². The number of allylic oxidation sites excluding steroid dienone is 2. The van der Waals surface area contributed by atoms with Crippen molar-refractivity contribution >= 4 is 0 Å². The van der Waals surface area contributed by atoms with Crippen molar-refractivity contribution in [3.63, 3.8) is 0 Å². The van der Waals surface area contributed by atoms with Crippen molar-refractivity contribution in [2.75, 3.05) is 6.61 Å². The number of halogens is 2. The maximum Gasteiger partial charge on any atom is 0.200 e. The van der Waals surface area contributed by atoms with Gasteiger partial charge in [-0.05, 0) is 130 Å².